The summed E-state index contributed by atoms with van der Waals surface area (Å²) in [6, 6.07) is 0. The highest BCUT2D eigenvalue weighted by molar-refractivity contribution is 4.83. The van der Waals surface area contributed by atoms with Gasteiger partial charge in [0.05, 0.1) is 0 Å². The van der Waals surface area contributed by atoms with Crippen molar-refractivity contribution in [2.24, 2.45) is 5.92 Å². The van der Waals surface area contributed by atoms with Gasteiger partial charge in [0, 0.05) is 26.2 Å². The van der Waals surface area contributed by atoms with Gasteiger partial charge in [0.15, 0.2) is 0 Å². The van der Waals surface area contributed by atoms with Gasteiger partial charge in [-0.15, -0.1) is 0 Å². The lowest BCUT2D eigenvalue weighted by Crippen LogP contribution is -2.48. The lowest BCUT2D eigenvalue weighted by Gasteiger charge is -2.39. The van der Waals surface area contributed by atoms with Crippen LogP contribution in [0.25, 0.3) is 0 Å². The van der Waals surface area contributed by atoms with Gasteiger partial charge in [-0.05, 0) is 26.9 Å². The van der Waals surface area contributed by atoms with Gasteiger partial charge in [-0.1, -0.05) is 0 Å². The number of hydrogen-bond acceptors (Lipinski definition) is 2. The van der Waals surface area contributed by atoms with Gasteiger partial charge < -0.3 is 4.90 Å². The maximum atomic E-state index is 2.36. The summed E-state index contributed by atoms with van der Waals surface area (Å²) in [5.41, 5.74) is 0. The predicted octanol–water partition coefficient (Wildman–Crippen LogP) is 0.661. The van der Waals surface area contributed by atoms with E-state index in [0.717, 1.165) is 5.92 Å². The second-order valence-electron chi connectivity index (χ2n) is 3.34. The quantitative estimate of drug-likeness (QED) is 0.569. The van der Waals surface area contributed by atoms with Gasteiger partial charge in [-0.3, -0.25) is 4.90 Å². The van der Waals surface area contributed by atoms with E-state index < -0.39 is 0 Å². The molecule has 0 aromatic carbocycles. The molecule has 2 heteroatoms. The maximum absolute atomic E-state index is 2.36. The molecule has 0 aliphatic carbocycles. The number of likely N-dealkylation sites (tertiary alicyclic amines) is 1. The largest absolute Gasteiger partial charge is 0.309 e. The highest BCUT2D eigenvalue weighted by Crippen LogP contribution is 2.16. The molecule has 0 aromatic rings. The number of hydrogen-bond donors (Lipinski definition) is 0. The van der Waals surface area contributed by atoms with Crippen molar-refractivity contribution in [2.45, 2.75) is 6.92 Å². The molecule has 0 atom stereocenters. The summed E-state index contributed by atoms with van der Waals surface area (Å²) in [5.74, 6) is 0.909. The van der Waals surface area contributed by atoms with Crippen molar-refractivity contribution in [1.29, 1.82) is 0 Å². The molecule has 1 saturated heterocycles. The maximum Gasteiger partial charge on any atom is 0.0220 e. The Kier molecular flexibility index (Phi) is 2.69. The second-order valence-corrected chi connectivity index (χ2v) is 3.34. The van der Waals surface area contributed by atoms with Gasteiger partial charge in [-0.2, -0.15) is 0 Å². The van der Waals surface area contributed by atoms with Gasteiger partial charge in [0.1, 0.15) is 0 Å². The van der Waals surface area contributed by atoms with E-state index in [9.17, 15) is 0 Å². The Balaban J connectivity index is 2.03. The summed E-state index contributed by atoms with van der Waals surface area (Å²) in [7, 11) is 4.27. The van der Waals surface area contributed by atoms with E-state index in [0.29, 0.717) is 0 Å². The van der Waals surface area contributed by atoms with Gasteiger partial charge in [0.2, 0.25) is 0 Å². The smallest absolute Gasteiger partial charge is 0.0220 e. The topological polar surface area (TPSA) is 6.48 Å². The Bertz CT molecular complexity index is 95.4. The highest BCUT2D eigenvalue weighted by Gasteiger charge is 2.24. The number of nitrogens with zero attached hydrogens (tertiary/aromatic N) is 2. The van der Waals surface area contributed by atoms with Crippen LogP contribution in [0.2, 0.25) is 0 Å². The molecule has 0 spiro atoms. The lowest BCUT2D eigenvalue weighted by molar-refractivity contribution is 0.111. The molecule has 0 amide bonds. The average molecular weight is 141 g/mol. The first-order valence-electron chi connectivity index (χ1n) is 3.90. The fraction of sp³-hybridized carbons (Fsp3) is 0.875. The molecule has 0 aromatic heterocycles. The zero-order valence-corrected chi connectivity index (χ0v) is 7.17. The minimum atomic E-state index is 0.909. The molecular formula is C8H17N2. The van der Waals surface area contributed by atoms with Crippen LogP contribution in [0.3, 0.4) is 0 Å². The molecular weight excluding hydrogens is 124 g/mol. The van der Waals surface area contributed by atoms with Crippen LogP contribution in [0.1, 0.15) is 6.92 Å². The minimum absolute atomic E-state index is 0.909. The first-order valence-corrected chi connectivity index (χ1v) is 3.90. The van der Waals surface area contributed by atoms with Crippen molar-refractivity contribution in [3.63, 3.8) is 0 Å². The summed E-state index contributed by atoms with van der Waals surface area (Å²) in [6.07, 6.45) is 0. The van der Waals surface area contributed by atoms with Crippen molar-refractivity contribution < 1.29 is 0 Å². The van der Waals surface area contributed by atoms with E-state index in [-0.39, 0.29) is 0 Å². The van der Waals surface area contributed by atoms with E-state index >= 15 is 0 Å². The Morgan fingerprint density at radius 3 is 2.50 bits per heavy atom. The molecule has 1 aliphatic rings. The van der Waals surface area contributed by atoms with E-state index in [1.807, 2.05) is 0 Å². The predicted molar refractivity (Wildman–Crippen MR) is 43.6 cm³/mol. The first-order chi connectivity index (χ1) is 4.72. The Labute approximate surface area is 63.8 Å². The van der Waals surface area contributed by atoms with Gasteiger partial charge >= 0.3 is 0 Å². The monoisotopic (exact) mass is 141 g/mol. The van der Waals surface area contributed by atoms with E-state index in [2.05, 4.69) is 37.4 Å². The van der Waals surface area contributed by atoms with Crippen LogP contribution in [0, 0.1) is 12.5 Å². The molecule has 59 valence electrons. The third kappa shape index (κ3) is 1.96. The van der Waals surface area contributed by atoms with Crippen molar-refractivity contribution in [3.8, 4) is 0 Å². The fourth-order valence-corrected chi connectivity index (χ4v) is 1.45. The first kappa shape index (κ1) is 8.02. The normalized spacial score (nSPS) is 21.6. The summed E-state index contributed by atoms with van der Waals surface area (Å²) in [4.78, 5) is 4.62. The average Bonchev–Trinajstić information content (AvgIpc) is 1.76. The van der Waals surface area contributed by atoms with Crippen molar-refractivity contribution >= 4 is 0 Å². The molecule has 1 rings (SSSR count). The summed E-state index contributed by atoms with van der Waals surface area (Å²) >= 11 is 0. The van der Waals surface area contributed by atoms with Crippen LogP contribution in [0.4, 0.5) is 0 Å². The Morgan fingerprint density at radius 1 is 1.50 bits per heavy atom. The second kappa shape index (κ2) is 3.35. The molecule has 0 N–H and O–H groups in total. The van der Waals surface area contributed by atoms with Crippen LogP contribution in [0.15, 0.2) is 0 Å². The lowest BCUT2D eigenvalue weighted by atomic mass is 10.0. The highest BCUT2D eigenvalue weighted by atomic mass is 15.2. The van der Waals surface area contributed by atoms with Gasteiger partial charge in [0.25, 0.3) is 0 Å². The Morgan fingerprint density at radius 2 is 2.10 bits per heavy atom. The van der Waals surface area contributed by atoms with Crippen LogP contribution < -0.4 is 0 Å². The zero-order chi connectivity index (χ0) is 7.56. The zero-order valence-electron chi connectivity index (χ0n) is 7.17. The van der Waals surface area contributed by atoms with Crippen molar-refractivity contribution in [3.05, 3.63) is 6.54 Å². The third-order valence-electron chi connectivity index (χ3n) is 1.97. The molecule has 1 aliphatic heterocycles. The molecule has 0 unspecified atom stereocenters. The van der Waals surface area contributed by atoms with Crippen LogP contribution in [0.5, 0.6) is 0 Å². The third-order valence-corrected chi connectivity index (χ3v) is 1.97. The van der Waals surface area contributed by atoms with Crippen molar-refractivity contribution in [1.82, 2.24) is 9.80 Å². The summed E-state index contributed by atoms with van der Waals surface area (Å²) in [6.45, 7) is 8.03. The minimum Gasteiger partial charge on any atom is -0.309 e. The summed E-state index contributed by atoms with van der Waals surface area (Å²) < 4.78 is 0. The van der Waals surface area contributed by atoms with E-state index in [1.54, 1.807) is 0 Å². The molecule has 10 heavy (non-hydrogen) atoms. The fourth-order valence-electron chi connectivity index (χ4n) is 1.45. The van der Waals surface area contributed by atoms with Gasteiger partial charge in [-0.25, -0.2) is 0 Å². The van der Waals surface area contributed by atoms with E-state index in [4.69, 9.17) is 0 Å². The molecule has 2 nitrogen and oxygen atoms in total. The molecule has 1 radical (unpaired) electrons. The van der Waals surface area contributed by atoms with E-state index in [1.165, 1.54) is 19.6 Å². The summed E-state index contributed by atoms with van der Waals surface area (Å²) in [5, 5.41) is 0. The van der Waals surface area contributed by atoms with Crippen molar-refractivity contribution in [2.75, 3.05) is 33.7 Å². The van der Waals surface area contributed by atoms with Crippen LogP contribution in [-0.4, -0.2) is 43.5 Å². The standard InChI is InChI=1S/C8H17N2/c1-4-10-6-8(7-10)5-9(2)3/h4,8H,5-7H2,1-3H3. The number of rotatable bonds is 3. The molecule has 0 bridgehead atoms. The van der Waals surface area contributed by atoms with Crippen LogP contribution in [-0.2, 0) is 0 Å². The molecule has 0 saturated carbocycles. The Hall–Kier alpha value is -0.0800. The molecule has 1 heterocycles. The molecule has 1 fully saturated rings. The van der Waals surface area contributed by atoms with Crippen LogP contribution >= 0.6 is 0 Å². The SMILES string of the molecule is C[CH]N1CC(CN(C)C)C1.